The van der Waals surface area contributed by atoms with Crippen molar-refractivity contribution >= 4 is 11.8 Å². The van der Waals surface area contributed by atoms with Crippen molar-refractivity contribution in [1.82, 2.24) is 0 Å². The second-order valence-corrected chi connectivity index (χ2v) is 4.18. The Morgan fingerprint density at radius 3 is 2.63 bits per heavy atom. The number of rotatable bonds is 11. The second kappa shape index (κ2) is 11.5. The SMILES string of the molecule is CCC(CN=[N+]=[N-])CC(=O)OCCOCCC(C)=O. The van der Waals surface area contributed by atoms with Gasteiger partial charge in [-0.05, 0) is 18.4 Å². The quantitative estimate of drug-likeness (QED) is 0.189. The highest BCUT2D eigenvalue weighted by atomic mass is 16.6. The van der Waals surface area contributed by atoms with E-state index in [0.717, 1.165) is 6.42 Å². The van der Waals surface area contributed by atoms with Crippen molar-refractivity contribution in [3.8, 4) is 0 Å². The van der Waals surface area contributed by atoms with Gasteiger partial charge in [-0.15, -0.1) is 0 Å². The summed E-state index contributed by atoms with van der Waals surface area (Å²) in [6.07, 6.45) is 1.37. The zero-order valence-corrected chi connectivity index (χ0v) is 11.5. The fourth-order valence-corrected chi connectivity index (χ4v) is 1.32. The third-order valence-electron chi connectivity index (χ3n) is 2.52. The minimum absolute atomic E-state index is 0.0158. The maximum atomic E-state index is 11.4. The van der Waals surface area contributed by atoms with Crippen LogP contribution in [0.1, 0.15) is 33.1 Å². The van der Waals surface area contributed by atoms with Gasteiger partial charge in [0, 0.05) is 24.3 Å². The van der Waals surface area contributed by atoms with E-state index in [9.17, 15) is 9.59 Å². The third-order valence-corrected chi connectivity index (χ3v) is 2.52. The van der Waals surface area contributed by atoms with Gasteiger partial charge >= 0.3 is 5.97 Å². The van der Waals surface area contributed by atoms with Crippen molar-refractivity contribution < 1.29 is 19.1 Å². The van der Waals surface area contributed by atoms with E-state index in [1.807, 2.05) is 6.92 Å². The molecular weight excluding hydrogens is 250 g/mol. The molecule has 0 saturated carbocycles. The molecule has 0 aliphatic heterocycles. The number of nitrogens with zero attached hydrogens (tertiary/aromatic N) is 3. The number of hydrogen-bond acceptors (Lipinski definition) is 5. The first-order valence-corrected chi connectivity index (χ1v) is 6.33. The Bertz CT molecular complexity index is 327. The van der Waals surface area contributed by atoms with Crippen molar-refractivity contribution in [1.29, 1.82) is 0 Å². The van der Waals surface area contributed by atoms with Crippen molar-refractivity contribution in [2.24, 2.45) is 11.0 Å². The van der Waals surface area contributed by atoms with E-state index in [0.29, 0.717) is 19.6 Å². The van der Waals surface area contributed by atoms with Crippen LogP contribution in [0.5, 0.6) is 0 Å². The van der Waals surface area contributed by atoms with E-state index in [2.05, 4.69) is 10.0 Å². The lowest BCUT2D eigenvalue weighted by atomic mass is 10.0. The molecule has 0 radical (unpaired) electrons. The first-order valence-electron chi connectivity index (χ1n) is 6.33. The van der Waals surface area contributed by atoms with E-state index in [1.54, 1.807) is 0 Å². The van der Waals surface area contributed by atoms with Gasteiger partial charge in [0.2, 0.25) is 0 Å². The Labute approximate surface area is 112 Å². The molecule has 0 aromatic carbocycles. The predicted octanol–water partition coefficient (Wildman–Crippen LogP) is 2.25. The van der Waals surface area contributed by atoms with Crippen LogP contribution < -0.4 is 0 Å². The number of carbonyl (C=O) groups is 2. The van der Waals surface area contributed by atoms with Crippen molar-refractivity contribution in [3.05, 3.63) is 10.4 Å². The van der Waals surface area contributed by atoms with E-state index in [1.165, 1.54) is 6.92 Å². The molecule has 7 nitrogen and oxygen atoms in total. The first kappa shape index (κ1) is 17.4. The minimum Gasteiger partial charge on any atom is -0.463 e. The highest BCUT2D eigenvalue weighted by molar-refractivity contribution is 5.75. The Morgan fingerprint density at radius 2 is 2.05 bits per heavy atom. The lowest BCUT2D eigenvalue weighted by molar-refractivity contribution is -0.146. The van der Waals surface area contributed by atoms with E-state index in [4.69, 9.17) is 15.0 Å². The first-order chi connectivity index (χ1) is 9.10. The van der Waals surface area contributed by atoms with Crippen LogP contribution in [0, 0.1) is 5.92 Å². The highest BCUT2D eigenvalue weighted by Crippen LogP contribution is 2.09. The molecule has 1 unspecified atom stereocenters. The zero-order chi connectivity index (χ0) is 14.5. The van der Waals surface area contributed by atoms with Crippen LogP contribution in [0.2, 0.25) is 0 Å². The predicted molar refractivity (Wildman–Crippen MR) is 69.5 cm³/mol. The fraction of sp³-hybridized carbons (Fsp3) is 0.833. The highest BCUT2D eigenvalue weighted by Gasteiger charge is 2.12. The van der Waals surface area contributed by atoms with Gasteiger partial charge in [-0.25, -0.2) is 0 Å². The van der Waals surface area contributed by atoms with Gasteiger partial charge in [0.15, 0.2) is 0 Å². The molecule has 0 fully saturated rings. The molecule has 0 saturated heterocycles. The summed E-state index contributed by atoms with van der Waals surface area (Å²) in [6.45, 7) is 4.53. The van der Waals surface area contributed by atoms with Crippen LogP contribution in [0.15, 0.2) is 5.11 Å². The molecule has 0 N–H and O–H groups in total. The number of hydrogen-bond donors (Lipinski definition) is 0. The van der Waals surface area contributed by atoms with Crippen LogP contribution in [0.4, 0.5) is 0 Å². The Morgan fingerprint density at radius 1 is 1.32 bits per heavy atom. The summed E-state index contributed by atoms with van der Waals surface area (Å²) in [5, 5.41) is 3.45. The van der Waals surface area contributed by atoms with Crippen LogP contribution in [-0.4, -0.2) is 38.1 Å². The third kappa shape index (κ3) is 11.2. The molecule has 7 heteroatoms. The maximum absolute atomic E-state index is 11.4. The van der Waals surface area contributed by atoms with Crippen LogP contribution >= 0.6 is 0 Å². The normalized spacial score (nSPS) is 11.5. The molecule has 0 bridgehead atoms. The molecule has 0 heterocycles. The maximum Gasteiger partial charge on any atom is 0.306 e. The monoisotopic (exact) mass is 271 g/mol. The standard InChI is InChI=1S/C12H21N3O4/c1-3-11(9-14-15-13)8-12(17)19-7-6-18-5-4-10(2)16/h11H,3-9H2,1-2H3. The van der Waals surface area contributed by atoms with Crippen molar-refractivity contribution in [2.45, 2.75) is 33.1 Å². The van der Waals surface area contributed by atoms with Crippen LogP contribution in [0.25, 0.3) is 10.4 Å². The molecule has 108 valence electrons. The van der Waals surface area contributed by atoms with Gasteiger partial charge in [-0.1, -0.05) is 18.5 Å². The fourth-order valence-electron chi connectivity index (χ4n) is 1.32. The topological polar surface area (TPSA) is 101 Å². The van der Waals surface area contributed by atoms with Gasteiger partial charge in [-0.2, -0.15) is 0 Å². The molecule has 0 rings (SSSR count). The summed E-state index contributed by atoms with van der Waals surface area (Å²) in [7, 11) is 0. The summed E-state index contributed by atoms with van der Waals surface area (Å²) < 4.78 is 10.1. The molecule has 0 aliphatic carbocycles. The number of ether oxygens (including phenoxy) is 2. The Hall–Kier alpha value is -1.59. The van der Waals surface area contributed by atoms with Gasteiger partial charge in [0.1, 0.15) is 12.4 Å². The molecule has 0 aromatic rings. The number of carbonyl (C=O) groups excluding carboxylic acids is 2. The molecule has 19 heavy (non-hydrogen) atoms. The van der Waals surface area contributed by atoms with Gasteiger partial charge in [-0.3, -0.25) is 9.59 Å². The lowest BCUT2D eigenvalue weighted by Crippen LogP contribution is -2.16. The Balaban J connectivity index is 3.62. The van der Waals surface area contributed by atoms with Gasteiger partial charge < -0.3 is 9.47 Å². The lowest BCUT2D eigenvalue weighted by Gasteiger charge is -2.11. The summed E-state index contributed by atoms with van der Waals surface area (Å²) >= 11 is 0. The summed E-state index contributed by atoms with van der Waals surface area (Å²) in [6, 6.07) is 0. The van der Waals surface area contributed by atoms with Crippen LogP contribution in [0.3, 0.4) is 0 Å². The average Bonchev–Trinajstić information content (AvgIpc) is 2.38. The zero-order valence-electron chi connectivity index (χ0n) is 11.5. The summed E-state index contributed by atoms with van der Waals surface area (Å²) in [4.78, 5) is 24.7. The number of Topliss-reactive ketones (excluding diaryl/α,β-unsaturated/α-hetero) is 1. The largest absolute Gasteiger partial charge is 0.463 e. The van der Waals surface area contributed by atoms with Crippen LogP contribution in [-0.2, 0) is 19.1 Å². The van der Waals surface area contributed by atoms with E-state index < -0.39 is 0 Å². The minimum atomic E-state index is -0.324. The Kier molecular flexibility index (Phi) is 10.5. The summed E-state index contributed by atoms with van der Waals surface area (Å²) in [5.74, 6) is -0.238. The molecule has 1 atom stereocenters. The molecule has 0 amide bonds. The average molecular weight is 271 g/mol. The molecule has 0 aliphatic rings. The second-order valence-electron chi connectivity index (χ2n) is 4.18. The summed E-state index contributed by atoms with van der Waals surface area (Å²) in [5.41, 5.74) is 8.21. The molecule has 0 spiro atoms. The molecule has 0 aromatic heterocycles. The number of azide groups is 1. The van der Waals surface area contributed by atoms with E-state index in [-0.39, 0.29) is 37.3 Å². The van der Waals surface area contributed by atoms with E-state index >= 15 is 0 Å². The smallest absolute Gasteiger partial charge is 0.306 e. The number of ketones is 1. The number of esters is 1. The van der Waals surface area contributed by atoms with Crippen molar-refractivity contribution in [3.63, 3.8) is 0 Å². The molecular formula is C12H21N3O4. The van der Waals surface area contributed by atoms with Gasteiger partial charge in [0.25, 0.3) is 0 Å². The van der Waals surface area contributed by atoms with Gasteiger partial charge in [0.05, 0.1) is 13.2 Å². The van der Waals surface area contributed by atoms with Crippen molar-refractivity contribution in [2.75, 3.05) is 26.4 Å².